The highest BCUT2D eigenvalue weighted by Crippen LogP contribution is 2.23. The van der Waals surface area contributed by atoms with Gasteiger partial charge in [0.2, 0.25) is 0 Å². The number of halogens is 1. The van der Waals surface area contributed by atoms with E-state index in [1.54, 1.807) is 0 Å². The zero-order valence-corrected chi connectivity index (χ0v) is 9.20. The predicted octanol–water partition coefficient (Wildman–Crippen LogP) is 1.88. The molecule has 2 N–H and O–H groups in total. The Morgan fingerprint density at radius 2 is 2.14 bits per heavy atom. The van der Waals surface area contributed by atoms with Crippen LogP contribution in [0.15, 0.2) is 33.7 Å². The molecule has 1 unspecified atom stereocenters. The van der Waals surface area contributed by atoms with Crippen LogP contribution >= 0.6 is 15.9 Å². The molecule has 0 amide bonds. The monoisotopic (exact) mass is 254 g/mol. The SMILES string of the molecule is NCC1=NC(c2ccc(Br)cc2)CO1. The lowest BCUT2D eigenvalue weighted by Gasteiger charge is -2.04. The zero-order chi connectivity index (χ0) is 9.97. The number of benzene rings is 1. The molecule has 1 aromatic rings. The Kier molecular flexibility index (Phi) is 2.84. The molecular formula is C10H11BrN2O. The van der Waals surface area contributed by atoms with E-state index >= 15 is 0 Å². The van der Waals surface area contributed by atoms with Crippen molar-refractivity contribution in [2.45, 2.75) is 6.04 Å². The summed E-state index contributed by atoms with van der Waals surface area (Å²) in [5.41, 5.74) is 6.60. The first-order valence-corrected chi connectivity index (χ1v) is 5.24. The van der Waals surface area contributed by atoms with Gasteiger partial charge in [0, 0.05) is 4.47 Å². The molecule has 0 fully saturated rings. The van der Waals surface area contributed by atoms with E-state index in [0.29, 0.717) is 19.0 Å². The second kappa shape index (κ2) is 4.11. The van der Waals surface area contributed by atoms with Gasteiger partial charge in [0.05, 0.1) is 6.54 Å². The quantitative estimate of drug-likeness (QED) is 0.877. The fourth-order valence-electron chi connectivity index (χ4n) is 1.39. The van der Waals surface area contributed by atoms with E-state index in [1.807, 2.05) is 24.3 Å². The smallest absolute Gasteiger partial charge is 0.198 e. The minimum Gasteiger partial charge on any atom is -0.477 e. The van der Waals surface area contributed by atoms with Crippen molar-refractivity contribution in [3.8, 4) is 0 Å². The molecule has 1 aromatic carbocycles. The Morgan fingerprint density at radius 1 is 1.43 bits per heavy atom. The van der Waals surface area contributed by atoms with Crippen LogP contribution in [0.4, 0.5) is 0 Å². The van der Waals surface area contributed by atoms with E-state index in [1.165, 1.54) is 0 Å². The highest BCUT2D eigenvalue weighted by Gasteiger charge is 2.18. The van der Waals surface area contributed by atoms with E-state index in [4.69, 9.17) is 10.5 Å². The molecule has 4 heteroatoms. The molecule has 0 saturated carbocycles. The third-order valence-corrected chi connectivity index (χ3v) is 2.67. The summed E-state index contributed by atoms with van der Waals surface area (Å²) in [6, 6.07) is 8.21. The fourth-order valence-corrected chi connectivity index (χ4v) is 1.66. The summed E-state index contributed by atoms with van der Waals surface area (Å²) in [5, 5.41) is 0. The van der Waals surface area contributed by atoms with Crippen molar-refractivity contribution in [3.05, 3.63) is 34.3 Å². The lowest BCUT2D eigenvalue weighted by molar-refractivity contribution is 0.315. The van der Waals surface area contributed by atoms with E-state index in [0.717, 1.165) is 10.0 Å². The Labute approximate surface area is 91.1 Å². The summed E-state index contributed by atoms with van der Waals surface area (Å²) in [6.45, 7) is 0.987. The number of nitrogens with zero attached hydrogens (tertiary/aromatic N) is 1. The zero-order valence-electron chi connectivity index (χ0n) is 7.61. The van der Waals surface area contributed by atoms with E-state index < -0.39 is 0 Å². The third kappa shape index (κ3) is 1.96. The topological polar surface area (TPSA) is 47.6 Å². The highest BCUT2D eigenvalue weighted by molar-refractivity contribution is 9.10. The van der Waals surface area contributed by atoms with E-state index in [-0.39, 0.29) is 6.04 Å². The van der Waals surface area contributed by atoms with Gasteiger partial charge < -0.3 is 10.5 Å². The molecule has 0 bridgehead atoms. The standard InChI is InChI=1S/C10H11BrN2O/c11-8-3-1-7(2-4-8)9-6-14-10(5-12)13-9/h1-4,9H,5-6,12H2. The molecule has 0 spiro atoms. The van der Waals surface area contributed by atoms with Gasteiger partial charge in [-0.2, -0.15) is 0 Å². The van der Waals surface area contributed by atoms with Crippen LogP contribution in [-0.4, -0.2) is 19.0 Å². The van der Waals surface area contributed by atoms with Gasteiger partial charge in [-0.25, -0.2) is 4.99 Å². The largest absolute Gasteiger partial charge is 0.477 e. The summed E-state index contributed by atoms with van der Waals surface area (Å²) in [5.74, 6) is 0.651. The van der Waals surface area contributed by atoms with Crippen LogP contribution in [0, 0.1) is 0 Å². The molecule has 74 valence electrons. The minimum atomic E-state index is 0.113. The summed E-state index contributed by atoms with van der Waals surface area (Å²) >= 11 is 3.39. The van der Waals surface area contributed by atoms with Crippen LogP contribution in [0.3, 0.4) is 0 Å². The highest BCUT2D eigenvalue weighted by atomic mass is 79.9. The van der Waals surface area contributed by atoms with Gasteiger partial charge in [-0.15, -0.1) is 0 Å². The van der Waals surface area contributed by atoms with Gasteiger partial charge >= 0.3 is 0 Å². The van der Waals surface area contributed by atoms with Gasteiger partial charge in [0.1, 0.15) is 12.6 Å². The molecule has 14 heavy (non-hydrogen) atoms. The number of aliphatic imine (C=N–C) groups is 1. The molecule has 0 radical (unpaired) electrons. The van der Waals surface area contributed by atoms with Gasteiger partial charge in [-0.05, 0) is 17.7 Å². The van der Waals surface area contributed by atoms with Crippen molar-refractivity contribution in [1.29, 1.82) is 0 Å². The summed E-state index contributed by atoms with van der Waals surface area (Å²) < 4.78 is 6.39. The summed E-state index contributed by atoms with van der Waals surface area (Å²) in [4.78, 5) is 4.36. The minimum absolute atomic E-state index is 0.113. The van der Waals surface area contributed by atoms with Crippen LogP contribution in [0.25, 0.3) is 0 Å². The molecular weight excluding hydrogens is 244 g/mol. The van der Waals surface area contributed by atoms with Gasteiger partial charge in [-0.1, -0.05) is 28.1 Å². The maximum Gasteiger partial charge on any atom is 0.198 e. The van der Waals surface area contributed by atoms with Crippen molar-refractivity contribution < 1.29 is 4.74 Å². The lowest BCUT2D eigenvalue weighted by Crippen LogP contribution is -2.13. The maximum absolute atomic E-state index is 5.43. The van der Waals surface area contributed by atoms with E-state index in [2.05, 4.69) is 20.9 Å². The molecule has 0 aliphatic carbocycles. The number of nitrogens with two attached hydrogens (primary N) is 1. The average Bonchev–Trinajstić information content (AvgIpc) is 2.67. The molecule has 1 heterocycles. The second-order valence-electron chi connectivity index (χ2n) is 3.11. The van der Waals surface area contributed by atoms with Gasteiger partial charge in [0.25, 0.3) is 0 Å². The van der Waals surface area contributed by atoms with Crippen molar-refractivity contribution >= 4 is 21.8 Å². The number of hydrogen-bond donors (Lipinski definition) is 1. The molecule has 1 aliphatic heterocycles. The Bertz CT molecular complexity index is 348. The van der Waals surface area contributed by atoms with Crippen molar-refractivity contribution in [3.63, 3.8) is 0 Å². The van der Waals surface area contributed by atoms with Crippen molar-refractivity contribution in [2.75, 3.05) is 13.2 Å². The number of rotatable bonds is 2. The number of hydrogen-bond acceptors (Lipinski definition) is 3. The molecule has 1 atom stereocenters. The van der Waals surface area contributed by atoms with Gasteiger partial charge in [0.15, 0.2) is 5.90 Å². The number of ether oxygens (including phenoxy) is 1. The molecule has 2 rings (SSSR count). The van der Waals surface area contributed by atoms with Crippen molar-refractivity contribution in [2.24, 2.45) is 10.7 Å². The third-order valence-electron chi connectivity index (χ3n) is 2.14. The first-order chi connectivity index (χ1) is 6.79. The second-order valence-corrected chi connectivity index (χ2v) is 4.02. The molecule has 0 aromatic heterocycles. The van der Waals surface area contributed by atoms with Crippen molar-refractivity contribution in [1.82, 2.24) is 0 Å². The summed E-state index contributed by atoms with van der Waals surface area (Å²) in [7, 11) is 0. The van der Waals surface area contributed by atoms with E-state index in [9.17, 15) is 0 Å². The van der Waals surface area contributed by atoms with Crippen LogP contribution < -0.4 is 5.73 Å². The normalized spacial score (nSPS) is 20.4. The first kappa shape index (κ1) is 9.68. The predicted molar refractivity (Wildman–Crippen MR) is 59.3 cm³/mol. The van der Waals surface area contributed by atoms with Crippen LogP contribution in [0.5, 0.6) is 0 Å². The average molecular weight is 255 g/mol. The van der Waals surface area contributed by atoms with Crippen LogP contribution in [-0.2, 0) is 4.74 Å². The summed E-state index contributed by atoms with van der Waals surface area (Å²) in [6.07, 6.45) is 0. The molecule has 0 saturated heterocycles. The first-order valence-electron chi connectivity index (χ1n) is 4.44. The van der Waals surface area contributed by atoms with Crippen LogP contribution in [0.1, 0.15) is 11.6 Å². The Hall–Kier alpha value is -0.870. The molecule has 1 aliphatic rings. The Balaban J connectivity index is 2.17. The molecule has 3 nitrogen and oxygen atoms in total. The lowest BCUT2D eigenvalue weighted by atomic mass is 10.1. The fraction of sp³-hybridized carbons (Fsp3) is 0.300. The van der Waals surface area contributed by atoms with Gasteiger partial charge in [-0.3, -0.25) is 0 Å². The van der Waals surface area contributed by atoms with Crippen LogP contribution in [0.2, 0.25) is 0 Å². The Morgan fingerprint density at radius 3 is 2.71 bits per heavy atom. The maximum atomic E-state index is 5.43.